The summed E-state index contributed by atoms with van der Waals surface area (Å²) >= 11 is 12.2. The smallest absolute Gasteiger partial charge is 0.408 e. The van der Waals surface area contributed by atoms with Gasteiger partial charge in [0.25, 0.3) is 0 Å². The molecule has 0 heterocycles. The van der Waals surface area contributed by atoms with Crippen LogP contribution in [-0.2, 0) is 10.3 Å². The van der Waals surface area contributed by atoms with Crippen LogP contribution in [0.15, 0.2) is 30.9 Å². The van der Waals surface area contributed by atoms with Crippen LogP contribution in [0, 0.1) is 5.41 Å². The zero-order chi connectivity index (χ0) is 24.2. The van der Waals surface area contributed by atoms with Crippen molar-refractivity contribution in [3.63, 3.8) is 0 Å². The Morgan fingerprint density at radius 2 is 1.71 bits per heavy atom. The van der Waals surface area contributed by atoms with Crippen molar-refractivity contribution in [2.45, 2.75) is 45.3 Å². The molecule has 0 aromatic heterocycles. The van der Waals surface area contributed by atoms with E-state index >= 15 is 0 Å². The van der Waals surface area contributed by atoms with Gasteiger partial charge in [0.15, 0.2) is 0 Å². The Kier molecular flexibility index (Phi) is 8.85. The number of likely N-dealkylation sites (N-methyl/N-ethyl adjacent to an activating group) is 1. The molecule has 5 nitrogen and oxygen atoms in total. The van der Waals surface area contributed by atoms with Gasteiger partial charge in [0.2, 0.25) is 5.91 Å². The summed E-state index contributed by atoms with van der Waals surface area (Å²) in [4.78, 5) is 26.6. The topological polar surface area (TPSA) is 60.9 Å². The molecular formula is C21H27Cl2F3N2O3. The Bertz CT molecular complexity index is 825. The fourth-order valence-electron chi connectivity index (χ4n) is 3.31. The van der Waals surface area contributed by atoms with Gasteiger partial charge in [0.05, 0.1) is 15.6 Å². The summed E-state index contributed by atoms with van der Waals surface area (Å²) in [6.45, 7) is 8.88. The molecule has 0 spiro atoms. The summed E-state index contributed by atoms with van der Waals surface area (Å²) in [7, 11) is 1.21. The van der Waals surface area contributed by atoms with Gasteiger partial charge in [-0.25, -0.2) is 4.79 Å². The largest absolute Gasteiger partial charge is 0.465 e. The van der Waals surface area contributed by atoms with E-state index in [0.29, 0.717) is 5.56 Å². The monoisotopic (exact) mass is 482 g/mol. The van der Waals surface area contributed by atoms with Crippen molar-refractivity contribution in [1.29, 1.82) is 0 Å². The molecule has 0 bridgehead atoms. The number of hydrogen-bond acceptors (Lipinski definition) is 2. The maximum absolute atomic E-state index is 12.8. The van der Waals surface area contributed by atoms with Crippen molar-refractivity contribution in [3.05, 3.63) is 46.5 Å². The number of carboxylic acid groups (broad SMARTS) is 1. The van der Waals surface area contributed by atoms with Crippen molar-refractivity contribution in [1.82, 2.24) is 9.80 Å². The van der Waals surface area contributed by atoms with Crippen molar-refractivity contribution in [3.8, 4) is 0 Å². The van der Waals surface area contributed by atoms with E-state index < -0.39 is 35.6 Å². The first-order valence-electron chi connectivity index (χ1n) is 9.40. The van der Waals surface area contributed by atoms with Gasteiger partial charge in [-0.2, -0.15) is 13.2 Å². The van der Waals surface area contributed by atoms with E-state index in [9.17, 15) is 27.9 Å². The predicted molar refractivity (Wildman–Crippen MR) is 115 cm³/mol. The molecule has 0 fully saturated rings. The highest BCUT2D eigenvalue weighted by atomic mass is 35.5. The van der Waals surface area contributed by atoms with E-state index in [4.69, 9.17) is 23.2 Å². The Morgan fingerprint density at radius 1 is 1.13 bits per heavy atom. The highest BCUT2D eigenvalue weighted by Crippen LogP contribution is 2.39. The number of nitrogens with zero attached hydrogens (tertiary/aromatic N) is 2. The summed E-state index contributed by atoms with van der Waals surface area (Å²) in [5.41, 5.74) is -1.54. The summed E-state index contributed by atoms with van der Waals surface area (Å²) in [5, 5.41) is 10.5. The van der Waals surface area contributed by atoms with Gasteiger partial charge in [0.1, 0.15) is 6.42 Å². The molecular weight excluding hydrogens is 456 g/mol. The molecule has 0 aliphatic rings. The Labute approximate surface area is 190 Å². The minimum absolute atomic E-state index is 0.0248. The minimum Gasteiger partial charge on any atom is -0.465 e. The first-order valence-corrected chi connectivity index (χ1v) is 10.2. The lowest BCUT2D eigenvalue weighted by Gasteiger charge is -2.46. The third-order valence-electron chi connectivity index (χ3n) is 4.60. The van der Waals surface area contributed by atoms with Crippen molar-refractivity contribution < 1.29 is 27.9 Å². The molecule has 2 amide bonds. The lowest BCUT2D eigenvalue weighted by Crippen LogP contribution is -2.57. The summed E-state index contributed by atoms with van der Waals surface area (Å²) in [5.74, 6) is -1.18. The van der Waals surface area contributed by atoms with Gasteiger partial charge < -0.3 is 10.0 Å². The number of carbonyl (C=O) groups excluding carboxylic acids is 1. The molecule has 0 aliphatic carbocycles. The molecule has 1 rings (SSSR count). The molecule has 1 aromatic carbocycles. The Hall–Kier alpha value is -1.93. The zero-order valence-corrected chi connectivity index (χ0v) is 19.4. The van der Waals surface area contributed by atoms with Gasteiger partial charge in [-0.05, 0) is 29.5 Å². The SMILES string of the molecule is C=CCC(CN(C)C(=O)CC(F)(F)F)(c1ccc(Cl)c(Cl)c1)N(CC(C)(C)C)C(=O)O. The Balaban J connectivity index is 3.66. The van der Waals surface area contributed by atoms with Crippen LogP contribution in [-0.4, -0.2) is 53.2 Å². The van der Waals surface area contributed by atoms with E-state index in [0.717, 1.165) is 9.80 Å². The summed E-state index contributed by atoms with van der Waals surface area (Å²) in [6.07, 6.45) is -6.14. The minimum atomic E-state index is -4.69. The zero-order valence-electron chi connectivity index (χ0n) is 17.9. The molecule has 0 saturated heterocycles. The molecule has 0 radical (unpaired) electrons. The molecule has 31 heavy (non-hydrogen) atoms. The molecule has 1 aromatic rings. The first kappa shape index (κ1) is 27.1. The van der Waals surface area contributed by atoms with Crippen molar-refractivity contribution >= 4 is 35.2 Å². The second-order valence-corrected chi connectivity index (χ2v) is 9.44. The van der Waals surface area contributed by atoms with Crippen LogP contribution >= 0.6 is 23.2 Å². The third-order valence-corrected chi connectivity index (χ3v) is 5.33. The van der Waals surface area contributed by atoms with E-state index in [1.54, 1.807) is 6.07 Å². The fourth-order valence-corrected chi connectivity index (χ4v) is 3.61. The first-order chi connectivity index (χ1) is 14.0. The van der Waals surface area contributed by atoms with Crippen LogP contribution in [0.3, 0.4) is 0 Å². The van der Waals surface area contributed by atoms with Gasteiger partial charge in [0, 0.05) is 20.1 Å². The standard InChI is InChI=1S/C21H27Cl2F3N2O3/c1-6-9-20(14-7-8-15(22)16(23)10-14,28(18(30)31)12-19(2,3)4)13-27(5)17(29)11-21(24,25)26/h6-8,10H,1,9,11-13H2,2-5H3,(H,30,31). The van der Waals surface area contributed by atoms with Gasteiger partial charge in [-0.3, -0.25) is 9.69 Å². The van der Waals surface area contributed by atoms with E-state index in [1.165, 1.54) is 25.3 Å². The van der Waals surface area contributed by atoms with Gasteiger partial charge in [-0.15, -0.1) is 6.58 Å². The van der Waals surface area contributed by atoms with Crippen LogP contribution in [0.5, 0.6) is 0 Å². The predicted octanol–water partition coefficient (Wildman–Crippen LogP) is 6.20. The average molecular weight is 483 g/mol. The fraction of sp³-hybridized carbons (Fsp3) is 0.524. The van der Waals surface area contributed by atoms with Gasteiger partial charge in [-0.1, -0.05) is 56.1 Å². The second-order valence-electron chi connectivity index (χ2n) is 8.62. The average Bonchev–Trinajstić information content (AvgIpc) is 2.59. The maximum atomic E-state index is 12.8. The van der Waals surface area contributed by atoms with Crippen LogP contribution < -0.4 is 0 Å². The van der Waals surface area contributed by atoms with Crippen LogP contribution in [0.2, 0.25) is 10.0 Å². The quantitative estimate of drug-likeness (QED) is 0.448. The van der Waals surface area contributed by atoms with Crippen molar-refractivity contribution in [2.75, 3.05) is 20.1 Å². The number of halogens is 5. The van der Waals surface area contributed by atoms with Gasteiger partial charge >= 0.3 is 12.3 Å². The highest BCUT2D eigenvalue weighted by Gasteiger charge is 2.45. The van der Waals surface area contributed by atoms with Crippen molar-refractivity contribution in [2.24, 2.45) is 5.41 Å². The molecule has 174 valence electrons. The van der Waals surface area contributed by atoms with Crippen LogP contribution in [0.4, 0.5) is 18.0 Å². The van der Waals surface area contributed by atoms with Crippen LogP contribution in [0.25, 0.3) is 0 Å². The highest BCUT2D eigenvalue weighted by molar-refractivity contribution is 6.42. The number of alkyl halides is 3. The van der Waals surface area contributed by atoms with E-state index in [-0.39, 0.29) is 29.6 Å². The number of hydrogen-bond donors (Lipinski definition) is 1. The lowest BCUT2D eigenvalue weighted by molar-refractivity contribution is -0.161. The normalized spacial score (nSPS) is 14.0. The number of amides is 2. The molecule has 1 unspecified atom stereocenters. The summed E-state index contributed by atoms with van der Waals surface area (Å²) < 4.78 is 38.3. The lowest BCUT2D eigenvalue weighted by atomic mass is 9.82. The van der Waals surface area contributed by atoms with E-state index in [2.05, 4.69) is 6.58 Å². The molecule has 10 heteroatoms. The maximum Gasteiger partial charge on any atom is 0.408 e. The Morgan fingerprint density at radius 3 is 2.13 bits per heavy atom. The molecule has 0 aliphatic heterocycles. The van der Waals surface area contributed by atoms with Crippen LogP contribution in [0.1, 0.15) is 39.2 Å². The summed E-state index contributed by atoms with van der Waals surface area (Å²) in [6, 6.07) is 4.50. The molecule has 1 atom stereocenters. The van der Waals surface area contributed by atoms with E-state index in [1.807, 2.05) is 20.8 Å². The molecule has 1 N–H and O–H groups in total. The number of benzene rings is 1. The molecule has 0 saturated carbocycles. The number of rotatable bonds is 8. The second kappa shape index (κ2) is 10.1. The number of carbonyl (C=O) groups is 2. The third kappa shape index (κ3) is 7.61.